The normalized spacial score (nSPS) is 21.3. The van der Waals surface area contributed by atoms with Crippen molar-refractivity contribution in [3.05, 3.63) is 71.6 Å². The molecule has 0 saturated heterocycles. The summed E-state index contributed by atoms with van der Waals surface area (Å²) in [4.78, 5) is 26.8. The zero-order valence-corrected chi connectivity index (χ0v) is 17.0. The van der Waals surface area contributed by atoms with Crippen molar-refractivity contribution in [3.8, 4) is 5.75 Å². The fourth-order valence-electron chi connectivity index (χ4n) is 3.63. The average molecular weight is 427 g/mol. The van der Waals surface area contributed by atoms with Crippen LogP contribution in [0.15, 0.2) is 66.1 Å². The van der Waals surface area contributed by atoms with Crippen molar-refractivity contribution in [3.63, 3.8) is 0 Å². The molecule has 2 atom stereocenters. The Bertz CT molecular complexity index is 1080. The Morgan fingerprint density at radius 1 is 1.07 bits per heavy atom. The predicted molar refractivity (Wildman–Crippen MR) is 111 cm³/mol. The number of esters is 1. The number of ether oxygens (including phenoxy) is 2. The standard InChI is InChI=1S/C22H21NO6S/c24-21(14-29-22(25)17-12-16-6-4-5-9-20(16)28-13-17)23(18-7-2-1-3-8-18)19-10-11-30(26,27)15-19/h1-11,17,19H,12-15H2. The molecule has 2 aliphatic heterocycles. The van der Waals surface area contributed by atoms with Crippen LogP contribution in [0.3, 0.4) is 0 Å². The lowest BCUT2D eigenvalue weighted by Gasteiger charge is -2.28. The molecule has 0 bridgehead atoms. The molecule has 2 heterocycles. The van der Waals surface area contributed by atoms with Gasteiger partial charge in [0.1, 0.15) is 12.4 Å². The van der Waals surface area contributed by atoms with Gasteiger partial charge in [-0.15, -0.1) is 0 Å². The maximum absolute atomic E-state index is 12.9. The van der Waals surface area contributed by atoms with Crippen LogP contribution in [-0.2, 0) is 30.6 Å². The molecule has 4 rings (SSSR count). The first-order chi connectivity index (χ1) is 14.4. The van der Waals surface area contributed by atoms with Crippen molar-refractivity contribution in [1.82, 2.24) is 0 Å². The van der Waals surface area contributed by atoms with Gasteiger partial charge in [0.2, 0.25) is 0 Å². The highest BCUT2D eigenvalue weighted by Crippen LogP contribution is 2.27. The van der Waals surface area contributed by atoms with E-state index < -0.39 is 40.3 Å². The summed E-state index contributed by atoms with van der Waals surface area (Å²) in [6, 6.07) is 15.6. The molecule has 0 N–H and O–H groups in total. The molecule has 8 heteroatoms. The topological polar surface area (TPSA) is 90.0 Å². The van der Waals surface area contributed by atoms with E-state index in [9.17, 15) is 18.0 Å². The van der Waals surface area contributed by atoms with Gasteiger partial charge in [-0.25, -0.2) is 8.42 Å². The minimum atomic E-state index is -3.36. The van der Waals surface area contributed by atoms with E-state index in [1.54, 1.807) is 30.3 Å². The second-order valence-corrected chi connectivity index (χ2v) is 9.18. The van der Waals surface area contributed by atoms with Gasteiger partial charge in [0.15, 0.2) is 16.4 Å². The largest absolute Gasteiger partial charge is 0.492 e. The number of fused-ring (bicyclic) bond motifs is 1. The summed E-state index contributed by atoms with van der Waals surface area (Å²) in [7, 11) is -3.36. The molecule has 0 radical (unpaired) electrons. The zero-order chi connectivity index (χ0) is 21.1. The Labute approximate surface area is 174 Å². The average Bonchev–Trinajstić information content (AvgIpc) is 3.11. The summed E-state index contributed by atoms with van der Waals surface area (Å²) in [6.07, 6.45) is 1.96. The molecule has 2 unspecified atom stereocenters. The molecular formula is C22H21NO6S. The Morgan fingerprint density at radius 2 is 1.80 bits per heavy atom. The van der Waals surface area contributed by atoms with E-state index in [0.29, 0.717) is 12.1 Å². The third-order valence-electron chi connectivity index (χ3n) is 5.10. The lowest BCUT2D eigenvalue weighted by molar-refractivity contribution is -0.153. The lowest BCUT2D eigenvalue weighted by Crippen LogP contribution is -2.44. The van der Waals surface area contributed by atoms with Crippen LogP contribution >= 0.6 is 0 Å². The summed E-state index contributed by atoms with van der Waals surface area (Å²) in [5.41, 5.74) is 1.46. The fourth-order valence-corrected chi connectivity index (χ4v) is 4.90. The third-order valence-corrected chi connectivity index (χ3v) is 6.47. The van der Waals surface area contributed by atoms with Crippen molar-refractivity contribution in [2.45, 2.75) is 12.5 Å². The second-order valence-electron chi connectivity index (χ2n) is 7.25. The van der Waals surface area contributed by atoms with Crippen LogP contribution in [0.25, 0.3) is 0 Å². The van der Waals surface area contributed by atoms with Gasteiger partial charge < -0.3 is 14.4 Å². The van der Waals surface area contributed by atoms with E-state index in [-0.39, 0.29) is 12.4 Å². The van der Waals surface area contributed by atoms with Crippen molar-refractivity contribution in [2.24, 2.45) is 5.92 Å². The van der Waals surface area contributed by atoms with Gasteiger partial charge in [-0.1, -0.05) is 36.4 Å². The van der Waals surface area contributed by atoms with Crippen molar-refractivity contribution >= 4 is 27.4 Å². The van der Waals surface area contributed by atoms with E-state index in [2.05, 4.69) is 0 Å². The first-order valence-corrected chi connectivity index (χ1v) is 11.3. The Hall–Kier alpha value is -3.13. The molecular weight excluding hydrogens is 406 g/mol. The highest BCUT2D eigenvalue weighted by Gasteiger charge is 2.33. The minimum absolute atomic E-state index is 0.191. The first-order valence-electron chi connectivity index (χ1n) is 9.58. The Morgan fingerprint density at radius 3 is 2.53 bits per heavy atom. The molecule has 30 heavy (non-hydrogen) atoms. The van der Waals surface area contributed by atoms with Gasteiger partial charge in [0.05, 0.1) is 17.7 Å². The molecule has 2 aromatic carbocycles. The van der Waals surface area contributed by atoms with Crippen LogP contribution in [0.5, 0.6) is 5.75 Å². The molecule has 0 spiro atoms. The number of para-hydroxylation sites is 2. The Kier molecular flexibility index (Phi) is 5.59. The predicted octanol–water partition coefficient (Wildman–Crippen LogP) is 2.12. The van der Waals surface area contributed by atoms with Crippen LogP contribution in [0.2, 0.25) is 0 Å². The number of anilines is 1. The molecule has 0 saturated carbocycles. The SMILES string of the molecule is O=C(OCC(=O)N(c1ccccc1)C1C=CS(=O)(=O)C1)C1COc2ccccc2C1. The summed E-state index contributed by atoms with van der Waals surface area (Å²) < 4.78 is 34.6. The van der Waals surface area contributed by atoms with E-state index in [1.165, 1.54) is 11.0 Å². The van der Waals surface area contributed by atoms with Crippen LogP contribution in [0.1, 0.15) is 5.56 Å². The summed E-state index contributed by atoms with van der Waals surface area (Å²) in [6.45, 7) is -0.285. The number of benzene rings is 2. The maximum atomic E-state index is 12.9. The molecule has 7 nitrogen and oxygen atoms in total. The third kappa shape index (κ3) is 4.38. The van der Waals surface area contributed by atoms with Gasteiger partial charge in [-0.3, -0.25) is 9.59 Å². The van der Waals surface area contributed by atoms with E-state index in [0.717, 1.165) is 16.7 Å². The molecule has 2 aliphatic rings. The number of nitrogens with zero attached hydrogens (tertiary/aromatic N) is 1. The highest BCUT2D eigenvalue weighted by atomic mass is 32.2. The highest BCUT2D eigenvalue weighted by molar-refractivity contribution is 7.94. The second kappa shape index (κ2) is 8.31. The number of sulfone groups is 1. The quantitative estimate of drug-likeness (QED) is 0.679. The minimum Gasteiger partial charge on any atom is -0.492 e. The summed E-state index contributed by atoms with van der Waals surface area (Å²) in [5, 5.41) is 1.11. The number of amides is 1. The maximum Gasteiger partial charge on any atom is 0.313 e. The molecule has 1 amide bonds. The molecule has 156 valence electrons. The molecule has 2 aromatic rings. The number of hydrogen-bond donors (Lipinski definition) is 0. The van der Waals surface area contributed by atoms with Gasteiger partial charge >= 0.3 is 5.97 Å². The van der Waals surface area contributed by atoms with Gasteiger partial charge in [0, 0.05) is 11.1 Å². The molecule has 0 aromatic heterocycles. The van der Waals surface area contributed by atoms with Crippen LogP contribution < -0.4 is 9.64 Å². The van der Waals surface area contributed by atoms with Crippen LogP contribution in [0.4, 0.5) is 5.69 Å². The van der Waals surface area contributed by atoms with E-state index >= 15 is 0 Å². The number of hydrogen-bond acceptors (Lipinski definition) is 6. The van der Waals surface area contributed by atoms with Crippen molar-refractivity contribution in [2.75, 3.05) is 23.9 Å². The molecule has 0 fully saturated rings. The van der Waals surface area contributed by atoms with Crippen LogP contribution in [-0.4, -0.2) is 45.3 Å². The lowest BCUT2D eigenvalue weighted by atomic mass is 9.97. The zero-order valence-electron chi connectivity index (χ0n) is 16.1. The van der Waals surface area contributed by atoms with E-state index in [4.69, 9.17) is 9.47 Å². The Balaban J connectivity index is 1.43. The fraction of sp³-hybridized carbons (Fsp3) is 0.273. The summed E-state index contributed by atoms with van der Waals surface area (Å²) in [5.74, 6) is -0.944. The first kappa shape index (κ1) is 20.2. The monoisotopic (exact) mass is 427 g/mol. The number of rotatable bonds is 5. The van der Waals surface area contributed by atoms with Crippen molar-refractivity contribution < 1.29 is 27.5 Å². The van der Waals surface area contributed by atoms with E-state index in [1.807, 2.05) is 24.3 Å². The number of carbonyl (C=O) groups excluding carboxylic acids is 2. The van der Waals surface area contributed by atoms with Gasteiger partial charge in [-0.05, 0) is 36.3 Å². The molecule has 0 aliphatic carbocycles. The van der Waals surface area contributed by atoms with Gasteiger partial charge in [0.25, 0.3) is 5.91 Å². The summed E-state index contributed by atoms with van der Waals surface area (Å²) >= 11 is 0. The van der Waals surface area contributed by atoms with Crippen LogP contribution in [0, 0.1) is 5.92 Å². The smallest absolute Gasteiger partial charge is 0.313 e. The number of carbonyl (C=O) groups is 2. The van der Waals surface area contributed by atoms with Crippen molar-refractivity contribution in [1.29, 1.82) is 0 Å². The van der Waals surface area contributed by atoms with Gasteiger partial charge in [-0.2, -0.15) is 0 Å².